The summed E-state index contributed by atoms with van der Waals surface area (Å²) in [6.45, 7) is 5.28. The summed E-state index contributed by atoms with van der Waals surface area (Å²) < 4.78 is 0. The Bertz CT molecular complexity index is 157. The molecule has 3 nitrogen and oxygen atoms in total. The maximum Gasteiger partial charge on any atom is 0.331 e. The molecule has 0 aliphatic heterocycles. The van der Waals surface area contributed by atoms with E-state index in [0.29, 0.717) is 5.75 Å². The summed E-state index contributed by atoms with van der Waals surface area (Å²) >= 11 is 1.49. The summed E-state index contributed by atoms with van der Waals surface area (Å²) in [5, 5.41) is 8.40. The van der Waals surface area contributed by atoms with Gasteiger partial charge in [0.05, 0.1) is 0 Å². The van der Waals surface area contributed by atoms with Gasteiger partial charge in [-0.3, -0.25) is 0 Å². The first-order chi connectivity index (χ1) is 5.04. The van der Waals surface area contributed by atoms with Crippen LogP contribution in [0.25, 0.3) is 0 Å². The number of carbonyl (C=O) groups is 1. The van der Waals surface area contributed by atoms with Gasteiger partial charge in [-0.25, -0.2) is 4.79 Å². The van der Waals surface area contributed by atoms with Crippen molar-refractivity contribution in [3.05, 3.63) is 12.2 Å². The Hall–Kier alpha value is -0.480. The number of rotatable bonds is 5. The van der Waals surface area contributed by atoms with Crippen LogP contribution in [0.15, 0.2) is 12.2 Å². The summed E-state index contributed by atoms with van der Waals surface area (Å²) in [6.07, 6.45) is 0. The number of hydrogen-bond acceptors (Lipinski definition) is 3. The lowest BCUT2D eigenvalue weighted by Crippen LogP contribution is -2.18. The molecule has 0 aromatic carbocycles. The lowest BCUT2D eigenvalue weighted by atomic mass is 10.4. The second kappa shape index (κ2) is 5.21. The molecule has 4 heteroatoms. The maximum absolute atomic E-state index is 10.2. The van der Waals surface area contributed by atoms with Crippen molar-refractivity contribution in [2.75, 3.05) is 11.5 Å². The second-order valence-electron chi connectivity index (χ2n) is 2.40. The van der Waals surface area contributed by atoms with Gasteiger partial charge in [0, 0.05) is 23.1 Å². The zero-order chi connectivity index (χ0) is 8.85. The molecular weight excluding hydrogens is 162 g/mol. The fourth-order valence-corrected chi connectivity index (χ4v) is 1.29. The molecule has 0 spiro atoms. The summed E-state index contributed by atoms with van der Waals surface area (Å²) in [6, 6.07) is 0.113. The number of hydrogen-bond donors (Lipinski definition) is 2. The van der Waals surface area contributed by atoms with Crippen molar-refractivity contribution in [3.63, 3.8) is 0 Å². The van der Waals surface area contributed by atoms with Gasteiger partial charge in [-0.2, -0.15) is 11.8 Å². The van der Waals surface area contributed by atoms with Crippen molar-refractivity contribution >= 4 is 17.7 Å². The molecule has 0 saturated heterocycles. The van der Waals surface area contributed by atoms with Crippen molar-refractivity contribution in [1.29, 1.82) is 0 Å². The van der Waals surface area contributed by atoms with Crippen molar-refractivity contribution in [3.8, 4) is 0 Å². The van der Waals surface area contributed by atoms with Crippen LogP contribution in [0.1, 0.15) is 6.92 Å². The van der Waals surface area contributed by atoms with Crippen LogP contribution >= 0.6 is 11.8 Å². The fraction of sp³-hybridized carbons (Fsp3) is 0.571. The van der Waals surface area contributed by atoms with Gasteiger partial charge in [0.2, 0.25) is 0 Å². The third kappa shape index (κ3) is 5.94. The van der Waals surface area contributed by atoms with Gasteiger partial charge >= 0.3 is 5.97 Å². The normalized spacial score (nSPS) is 12.5. The first kappa shape index (κ1) is 10.5. The number of thioether (sulfide) groups is 1. The predicted molar refractivity (Wildman–Crippen MR) is 47.8 cm³/mol. The molecule has 0 aliphatic rings. The minimum absolute atomic E-state index is 0.113. The quantitative estimate of drug-likeness (QED) is 0.604. The van der Waals surface area contributed by atoms with Gasteiger partial charge in [-0.05, 0) is 6.92 Å². The van der Waals surface area contributed by atoms with Crippen molar-refractivity contribution < 1.29 is 9.90 Å². The van der Waals surface area contributed by atoms with Gasteiger partial charge in [0.1, 0.15) is 0 Å². The number of carboxylic acids is 1. The van der Waals surface area contributed by atoms with Gasteiger partial charge in [-0.1, -0.05) is 6.58 Å². The first-order valence-corrected chi connectivity index (χ1v) is 4.44. The molecule has 64 valence electrons. The molecule has 3 N–H and O–H groups in total. The van der Waals surface area contributed by atoms with E-state index in [-0.39, 0.29) is 11.6 Å². The van der Waals surface area contributed by atoms with E-state index in [1.54, 1.807) is 0 Å². The van der Waals surface area contributed by atoms with E-state index in [9.17, 15) is 4.79 Å². The van der Waals surface area contributed by atoms with Crippen molar-refractivity contribution in [2.24, 2.45) is 5.73 Å². The topological polar surface area (TPSA) is 63.3 Å². The molecule has 1 atom stereocenters. The molecule has 0 aliphatic carbocycles. The molecule has 1 unspecified atom stereocenters. The lowest BCUT2D eigenvalue weighted by Gasteiger charge is -2.03. The molecule has 0 amide bonds. The maximum atomic E-state index is 10.2. The van der Waals surface area contributed by atoms with Crippen LogP contribution in [0.4, 0.5) is 0 Å². The van der Waals surface area contributed by atoms with Gasteiger partial charge in [0.15, 0.2) is 0 Å². The van der Waals surface area contributed by atoms with E-state index in [2.05, 4.69) is 6.58 Å². The van der Waals surface area contributed by atoms with Crippen LogP contribution in [0, 0.1) is 0 Å². The Morgan fingerprint density at radius 2 is 2.36 bits per heavy atom. The average Bonchev–Trinajstić information content (AvgIpc) is 1.86. The van der Waals surface area contributed by atoms with E-state index in [0.717, 1.165) is 5.75 Å². The largest absolute Gasteiger partial charge is 0.478 e. The zero-order valence-electron chi connectivity index (χ0n) is 6.54. The third-order valence-electron chi connectivity index (χ3n) is 0.959. The molecule has 0 saturated carbocycles. The molecule has 0 heterocycles. The fourth-order valence-electron chi connectivity index (χ4n) is 0.430. The van der Waals surface area contributed by atoms with E-state index in [1.807, 2.05) is 6.92 Å². The lowest BCUT2D eigenvalue weighted by molar-refractivity contribution is -0.132. The third-order valence-corrected chi connectivity index (χ3v) is 2.27. The molecule has 0 aromatic rings. The minimum Gasteiger partial charge on any atom is -0.478 e. The second-order valence-corrected chi connectivity index (χ2v) is 3.43. The van der Waals surface area contributed by atoms with Crippen LogP contribution in [0.5, 0.6) is 0 Å². The highest BCUT2D eigenvalue weighted by Crippen LogP contribution is 2.06. The smallest absolute Gasteiger partial charge is 0.331 e. The van der Waals surface area contributed by atoms with Crippen LogP contribution in [0.3, 0.4) is 0 Å². The standard InChI is InChI=1S/C7H13NO2S/c1-5(7(9)10)3-11-4-6(2)8/h6H,1,3-4,8H2,2H3,(H,9,10). The predicted octanol–water partition coefficient (Wildman–Crippen LogP) is 0.708. The minimum atomic E-state index is -0.929. The van der Waals surface area contributed by atoms with Crippen LogP contribution in [0.2, 0.25) is 0 Å². The highest BCUT2D eigenvalue weighted by Gasteiger charge is 2.03. The highest BCUT2D eigenvalue weighted by molar-refractivity contribution is 7.99. The summed E-state index contributed by atoms with van der Waals surface area (Å²) in [5.41, 5.74) is 5.69. The van der Waals surface area contributed by atoms with Gasteiger partial charge in [0.25, 0.3) is 0 Å². The van der Waals surface area contributed by atoms with E-state index < -0.39 is 5.97 Å². The Balaban J connectivity index is 3.40. The Labute approximate surface area is 70.7 Å². The van der Waals surface area contributed by atoms with E-state index in [1.165, 1.54) is 11.8 Å². The molecule has 0 fully saturated rings. The molecule has 0 aromatic heterocycles. The molecular formula is C7H13NO2S. The molecule has 11 heavy (non-hydrogen) atoms. The molecule has 0 rings (SSSR count). The first-order valence-electron chi connectivity index (χ1n) is 3.28. The van der Waals surface area contributed by atoms with Crippen LogP contribution in [-0.4, -0.2) is 28.6 Å². The van der Waals surface area contributed by atoms with Crippen molar-refractivity contribution in [1.82, 2.24) is 0 Å². The van der Waals surface area contributed by atoms with Crippen molar-refractivity contribution in [2.45, 2.75) is 13.0 Å². The van der Waals surface area contributed by atoms with Gasteiger partial charge in [-0.15, -0.1) is 0 Å². The monoisotopic (exact) mass is 175 g/mol. The van der Waals surface area contributed by atoms with Crippen LogP contribution in [-0.2, 0) is 4.79 Å². The van der Waals surface area contributed by atoms with E-state index >= 15 is 0 Å². The number of nitrogens with two attached hydrogens (primary N) is 1. The Kier molecular flexibility index (Phi) is 4.98. The van der Waals surface area contributed by atoms with Gasteiger partial charge < -0.3 is 10.8 Å². The summed E-state index contributed by atoms with van der Waals surface area (Å²) in [4.78, 5) is 10.2. The summed E-state index contributed by atoms with van der Waals surface area (Å²) in [7, 11) is 0. The number of carboxylic acid groups (broad SMARTS) is 1. The van der Waals surface area contributed by atoms with E-state index in [4.69, 9.17) is 10.8 Å². The number of aliphatic carboxylic acids is 1. The zero-order valence-corrected chi connectivity index (χ0v) is 7.36. The Morgan fingerprint density at radius 3 is 2.73 bits per heavy atom. The summed E-state index contributed by atoms with van der Waals surface area (Å²) in [5.74, 6) is 0.297. The molecule has 0 radical (unpaired) electrons. The molecule has 0 bridgehead atoms. The highest BCUT2D eigenvalue weighted by atomic mass is 32.2. The van der Waals surface area contributed by atoms with Crippen LogP contribution < -0.4 is 5.73 Å². The Morgan fingerprint density at radius 1 is 1.82 bits per heavy atom. The SMILES string of the molecule is C=C(CSCC(C)N)C(=O)O. The average molecular weight is 175 g/mol.